The summed E-state index contributed by atoms with van der Waals surface area (Å²) in [4.78, 5) is 11.6. The van der Waals surface area contributed by atoms with Gasteiger partial charge in [0.05, 0.1) is 19.1 Å². The Balaban J connectivity index is 0.00000200. The fourth-order valence-corrected chi connectivity index (χ4v) is 1.88. The molecule has 1 saturated heterocycles. The van der Waals surface area contributed by atoms with E-state index in [0.717, 1.165) is 0 Å². The largest absolute Gasteiger partial charge is 0.492 e. The number of halogens is 3. The number of alkyl halides is 2. The Morgan fingerprint density at radius 1 is 1.40 bits per heavy atom. The normalized spacial score (nSPS) is 20.0. The van der Waals surface area contributed by atoms with E-state index in [4.69, 9.17) is 4.74 Å². The van der Waals surface area contributed by atoms with Crippen molar-refractivity contribution >= 4 is 18.3 Å². The molecule has 0 aromatic heterocycles. The van der Waals surface area contributed by atoms with E-state index < -0.39 is 30.8 Å². The zero-order valence-corrected chi connectivity index (χ0v) is 11.6. The van der Waals surface area contributed by atoms with Gasteiger partial charge in [0.25, 0.3) is 5.92 Å². The van der Waals surface area contributed by atoms with Crippen molar-refractivity contribution < 1.29 is 18.3 Å². The van der Waals surface area contributed by atoms with Gasteiger partial charge < -0.3 is 10.1 Å². The Morgan fingerprint density at radius 3 is 2.70 bits per heavy atom. The highest BCUT2D eigenvalue weighted by Gasteiger charge is 2.42. The lowest BCUT2D eigenvalue weighted by molar-refractivity contribution is -0.123. The predicted molar refractivity (Wildman–Crippen MR) is 73.5 cm³/mol. The summed E-state index contributed by atoms with van der Waals surface area (Å²) in [5.41, 5.74) is 0. The monoisotopic (exact) mass is 306 g/mol. The van der Waals surface area contributed by atoms with E-state index in [1.54, 1.807) is 12.1 Å². The SMILES string of the molecule is Cl.O=C(NCCOc1ccccc1)C1CC(F)(F)CN1. The lowest BCUT2D eigenvalue weighted by Gasteiger charge is -2.11. The van der Waals surface area contributed by atoms with Crippen LogP contribution in [0.3, 0.4) is 0 Å². The Morgan fingerprint density at radius 2 is 2.10 bits per heavy atom. The van der Waals surface area contributed by atoms with E-state index in [9.17, 15) is 13.6 Å². The molecule has 1 aromatic rings. The summed E-state index contributed by atoms with van der Waals surface area (Å²) in [5, 5.41) is 5.08. The van der Waals surface area contributed by atoms with Gasteiger partial charge in [-0.2, -0.15) is 0 Å². The molecule has 0 bridgehead atoms. The summed E-state index contributed by atoms with van der Waals surface area (Å²) in [6.45, 7) is 0.155. The van der Waals surface area contributed by atoms with Crippen LogP contribution in [0.2, 0.25) is 0 Å². The average molecular weight is 307 g/mol. The fourth-order valence-electron chi connectivity index (χ4n) is 1.88. The van der Waals surface area contributed by atoms with Gasteiger partial charge in [-0.25, -0.2) is 8.78 Å². The molecule has 20 heavy (non-hydrogen) atoms. The number of nitrogens with one attached hydrogen (secondary N) is 2. The molecule has 7 heteroatoms. The highest BCUT2D eigenvalue weighted by molar-refractivity contribution is 5.85. The van der Waals surface area contributed by atoms with Crippen molar-refractivity contribution in [2.75, 3.05) is 19.7 Å². The number of carbonyl (C=O) groups excluding carboxylic acids is 1. The lowest BCUT2D eigenvalue weighted by Crippen LogP contribution is -2.41. The van der Waals surface area contributed by atoms with E-state index in [2.05, 4.69) is 10.6 Å². The number of rotatable bonds is 5. The van der Waals surface area contributed by atoms with Gasteiger partial charge in [-0.1, -0.05) is 18.2 Å². The molecule has 1 fully saturated rings. The predicted octanol–water partition coefficient (Wildman–Crippen LogP) is 1.60. The first-order valence-corrected chi connectivity index (χ1v) is 6.14. The Bertz CT molecular complexity index is 432. The van der Waals surface area contributed by atoms with Gasteiger partial charge in [-0.05, 0) is 12.1 Å². The summed E-state index contributed by atoms with van der Waals surface area (Å²) < 4.78 is 31.2. The van der Waals surface area contributed by atoms with Gasteiger partial charge in [0, 0.05) is 6.42 Å². The second-order valence-electron chi connectivity index (χ2n) is 4.45. The molecule has 2 rings (SSSR count). The van der Waals surface area contributed by atoms with Crippen molar-refractivity contribution in [2.24, 2.45) is 0 Å². The molecule has 1 amide bonds. The second-order valence-corrected chi connectivity index (χ2v) is 4.45. The van der Waals surface area contributed by atoms with Gasteiger partial charge in [-0.15, -0.1) is 12.4 Å². The van der Waals surface area contributed by atoms with Crippen LogP contribution in [0.1, 0.15) is 6.42 Å². The van der Waals surface area contributed by atoms with Gasteiger partial charge in [-0.3, -0.25) is 10.1 Å². The minimum absolute atomic E-state index is 0. The van der Waals surface area contributed by atoms with E-state index >= 15 is 0 Å². The third-order valence-electron chi connectivity index (χ3n) is 2.84. The number of hydrogen-bond acceptors (Lipinski definition) is 3. The van der Waals surface area contributed by atoms with E-state index in [0.29, 0.717) is 12.4 Å². The van der Waals surface area contributed by atoms with Gasteiger partial charge in [0.2, 0.25) is 5.91 Å². The van der Waals surface area contributed by atoms with Crippen molar-refractivity contribution in [1.82, 2.24) is 10.6 Å². The molecule has 1 atom stereocenters. The van der Waals surface area contributed by atoms with Crippen LogP contribution in [-0.2, 0) is 4.79 Å². The smallest absolute Gasteiger partial charge is 0.262 e. The number of carbonyl (C=O) groups is 1. The first kappa shape index (κ1) is 16.7. The van der Waals surface area contributed by atoms with Crippen molar-refractivity contribution in [3.8, 4) is 5.75 Å². The van der Waals surface area contributed by atoms with Crippen molar-refractivity contribution in [2.45, 2.75) is 18.4 Å². The fraction of sp³-hybridized carbons (Fsp3) is 0.462. The first-order chi connectivity index (χ1) is 9.07. The maximum absolute atomic E-state index is 12.9. The zero-order valence-electron chi connectivity index (χ0n) is 10.8. The summed E-state index contributed by atoms with van der Waals surface area (Å²) in [5.74, 6) is -2.49. The molecule has 1 heterocycles. The molecular weight excluding hydrogens is 290 g/mol. The minimum atomic E-state index is -2.79. The molecular formula is C13H17ClF2N2O2. The van der Waals surface area contributed by atoms with E-state index in [1.165, 1.54) is 0 Å². The summed E-state index contributed by atoms with van der Waals surface area (Å²) in [6.07, 6.45) is -0.446. The van der Waals surface area contributed by atoms with Crippen LogP contribution in [0.15, 0.2) is 30.3 Å². The van der Waals surface area contributed by atoms with Gasteiger partial charge in [0.15, 0.2) is 0 Å². The van der Waals surface area contributed by atoms with E-state index in [1.807, 2.05) is 18.2 Å². The highest BCUT2D eigenvalue weighted by Crippen LogP contribution is 2.24. The van der Waals surface area contributed by atoms with Crippen molar-refractivity contribution in [3.05, 3.63) is 30.3 Å². The second kappa shape index (κ2) is 7.40. The van der Waals surface area contributed by atoms with Crippen LogP contribution in [0.4, 0.5) is 8.78 Å². The molecule has 112 valence electrons. The Hall–Kier alpha value is -1.40. The quantitative estimate of drug-likeness (QED) is 0.813. The van der Waals surface area contributed by atoms with Gasteiger partial charge >= 0.3 is 0 Å². The topological polar surface area (TPSA) is 50.4 Å². The van der Waals surface area contributed by atoms with Gasteiger partial charge in [0.1, 0.15) is 12.4 Å². The van der Waals surface area contributed by atoms with E-state index in [-0.39, 0.29) is 19.0 Å². The molecule has 0 saturated carbocycles. The third-order valence-corrected chi connectivity index (χ3v) is 2.84. The van der Waals surface area contributed by atoms with Crippen LogP contribution >= 0.6 is 12.4 Å². The minimum Gasteiger partial charge on any atom is -0.492 e. The third kappa shape index (κ3) is 4.94. The summed E-state index contributed by atoms with van der Waals surface area (Å²) in [7, 11) is 0. The van der Waals surface area contributed by atoms with Crippen molar-refractivity contribution in [1.29, 1.82) is 0 Å². The van der Waals surface area contributed by atoms with Crippen LogP contribution in [0.5, 0.6) is 5.75 Å². The molecule has 0 spiro atoms. The molecule has 1 aliphatic heterocycles. The first-order valence-electron chi connectivity index (χ1n) is 6.14. The molecule has 0 aliphatic carbocycles. The number of para-hydroxylation sites is 1. The molecule has 1 unspecified atom stereocenters. The molecule has 1 aliphatic rings. The zero-order chi connectivity index (χ0) is 13.7. The lowest BCUT2D eigenvalue weighted by atomic mass is 10.2. The van der Waals surface area contributed by atoms with Crippen molar-refractivity contribution in [3.63, 3.8) is 0 Å². The van der Waals surface area contributed by atoms with Crippen LogP contribution < -0.4 is 15.4 Å². The molecule has 1 aromatic carbocycles. The highest BCUT2D eigenvalue weighted by atomic mass is 35.5. The van der Waals surface area contributed by atoms with Crippen LogP contribution in [0, 0.1) is 0 Å². The summed E-state index contributed by atoms with van der Waals surface area (Å²) in [6, 6.07) is 8.37. The standard InChI is InChI=1S/C13H16F2N2O2.ClH/c14-13(15)8-11(17-9-13)12(18)16-6-7-19-10-4-2-1-3-5-10;/h1-5,11,17H,6-9H2,(H,16,18);1H. The molecule has 4 nitrogen and oxygen atoms in total. The number of benzene rings is 1. The van der Waals surface area contributed by atoms with Crippen LogP contribution in [0.25, 0.3) is 0 Å². The number of amides is 1. The van der Waals surface area contributed by atoms with Crippen LogP contribution in [-0.4, -0.2) is 37.6 Å². The Kier molecular flexibility index (Phi) is 6.16. The number of ether oxygens (including phenoxy) is 1. The summed E-state index contributed by atoms with van der Waals surface area (Å²) >= 11 is 0. The average Bonchev–Trinajstić information content (AvgIpc) is 2.76. The molecule has 0 radical (unpaired) electrons. The maximum Gasteiger partial charge on any atom is 0.262 e. The number of hydrogen-bond donors (Lipinski definition) is 2. The molecule has 2 N–H and O–H groups in total. The Labute approximate surface area is 122 Å². The maximum atomic E-state index is 12.9.